The summed E-state index contributed by atoms with van der Waals surface area (Å²) in [6.45, 7) is 0. The molecule has 0 atom stereocenters. The summed E-state index contributed by atoms with van der Waals surface area (Å²) >= 11 is 0. The molecular weight excluding hydrogens is 240 g/mol. The van der Waals surface area contributed by atoms with Gasteiger partial charge >= 0.3 is 0 Å². The van der Waals surface area contributed by atoms with Crippen LogP contribution >= 0.6 is 0 Å². The van der Waals surface area contributed by atoms with E-state index in [2.05, 4.69) is 15.3 Å². The zero-order valence-electron chi connectivity index (χ0n) is 10.1. The zero-order chi connectivity index (χ0) is 13.2. The third-order valence-corrected chi connectivity index (χ3v) is 2.81. The Kier molecular flexibility index (Phi) is 2.64. The van der Waals surface area contributed by atoms with Crippen molar-refractivity contribution in [3.63, 3.8) is 0 Å². The van der Waals surface area contributed by atoms with Crippen molar-refractivity contribution in [3.8, 4) is 0 Å². The van der Waals surface area contributed by atoms with Gasteiger partial charge in [-0.2, -0.15) is 0 Å². The molecule has 0 saturated carbocycles. The van der Waals surface area contributed by atoms with E-state index in [0.717, 1.165) is 11.0 Å². The number of hydrogen-bond donors (Lipinski definition) is 3. The zero-order valence-corrected chi connectivity index (χ0v) is 10.1. The van der Waals surface area contributed by atoms with Crippen molar-refractivity contribution in [1.82, 2.24) is 9.97 Å². The molecule has 0 aliphatic heterocycles. The second-order valence-corrected chi connectivity index (χ2v) is 4.14. The second kappa shape index (κ2) is 4.45. The van der Waals surface area contributed by atoms with Crippen LogP contribution in [0.1, 0.15) is 10.6 Å². The first-order chi connectivity index (χ1) is 9.24. The van der Waals surface area contributed by atoms with Gasteiger partial charge in [0, 0.05) is 0 Å². The summed E-state index contributed by atoms with van der Waals surface area (Å²) in [5, 5.41) is 2.73. The molecule has 0 radical (unpaired) electrons. The normalized spacial score (nSPS) is 10.5. The Morgan fingerprint density at radius 2 is 1.84 bits per heavy atom. The van der Waals surface area contributed by atoms with E-state index < -0.39 is 0 Å². The van der Waals surface area contributed by atoms with Crippen molar-refractivity contribution in [2.24, 2.45) is 0 Å². The van der Waals surface area contributed by atoms with Gasteiger partial charge in [-0.1, -0.05) is 24.3 Å². The van der Waals surface area contributed by atoms with E-state index in [1.807, 2.05) is 36.4 Å². The van der Waals surface area contributed by atoms with Crippen molar-refractivity contribution in [2.45, 2.75) is 0 Å². The van der Waals surface area contributed by atoms with Gasteiger partial charge in [-0.25, -0.2) is 4.98 Å². The lowest BCUT2D eigenvalue weighted by Gasteiger charge is -2.05. The summed E-state index contributed by atoms with van der Waals surface area (Å²) < 4.78 is 0. The fourth-order valence-corrected chi connectivity index (χ4v) is 1.85. The van der Waals surface area contributed by atoms with Crippen LogP contribution in [0.5, 0.6) is 0 Å². The van der Waals surface area contributed by atoms with Crippen LogP contribution in [0.2, 0.25) is 0 Å². The summed E-state index contributed by atoms with van der Waals surface area (Å²) in [7, 11) is 0. The van der Waals surface area contributed by atoms with Crippen LogP contribution < -0.4 is 11.1 Å². The van der Waals surface area contributed by atoms with E-state index in [-0.39, 0.29) is 11.7 Å². The number of amides is 1. The van der Waals surface area contributed by atoms with E-state index >= 15 is 0 Å². The van der Waals surface area contributed by atoms with E-state index in [1.54, 1.807) is 12.1 Å². The van der Waals surface area contributed by atoms with Crippen LogP contribution in [-0.2, 0) is 0 Å². The first kappa shape index (κ1) is 11.3. The smallest absolute Gasteiger partial charge is 0.291 e. The highest BCUT2D eigenvalue weighted by Crippen LogP contribution is 2.18. The van der Waals surface area contributed by atoms with Crippen LogP contribution in [0.25, 0.3) is 11.0 Å². The maximum absolute atomic E-state index is 12.1. The average molecular weight is 252 g/mol. The van der Waals surface area contributed by atoms with Crippen LogP contribution in [0.15, 0.2) is 48.5 Å². The topological polar surface area (TPSA) is 83.8 Å². The van der Waals surface area contributed by atoms with E-state index in [1.165, 1.54) is 0 Å². The molecular formula is C14H12N4O. The van der Waals surface area contributed by atoms with Crippen molar-refractivity contribution in [1.29, 1.82) is 0 Å². The van der Waals surface area contributed by atoms with E-state index in [9.17, 15) is 4.79 Å². The number of carbonyl (C=O) groups excluding carboxylic acids is 1. The number of nitrogen functional groups attached to an aromatic ring is 1. The molecule has 3 aromatic rings. The van der Waals surface area contributed by atoms with Crippen LogP contribution in [-0.4, -0.2) is 15.9 Å². The molecule has 94 valence electrons. The largest absolute Gasteiger partial charge is 0.397 e. The molecule has 2 aromatic carbocycles. The maximum Gasteiger partial charge on any atom is 0.291 e. The average Bonchev–Trinajstić information content (AvgIpc) is 2.85. The van der Waals surface area contributed by atoms with Gasteiger partial charge in [-0.05, 0) is 24.3 Å². The van der Waals surface area contributed by atoms with Crippen molar-refractivity contribution in [3.05, 3.63) is 54.4 Å². The number of nitrogens with one attached hydrogen (secondary N) is 2. The number of H-pyrrole nitrogens is 1. The molecule has 3 rings (SSSR count). The Bertz CT molecular complexity index is 715. The Balaban J connectivity index is 1.90. The Morgan fingerprint density at radius 3 is 2.63 bits per heavy atom. The highest BCUT2D eigenvalue weighted by atomic mass is 16.2. The number of benzene rings is 2. The van der Waals surface area contributed by atoms with E-state index in [4.69, 9.17) is 5.73 Å². The van der Waals surface area contributed by atoms with Crippen LogP contribution in [0, 0.1) is 0 Å². The van der Waals surface area contributed by atoms with Gasteiger partial charge in [0.25, 0.3) is 5.91 Å². The Hall–Kier alpha value is -2.82. The summed E-state index contributed by atoms with van der Waals surface area (Å²) in [6.07, 6.45) is 0. The van der Waals surface area contributed by atoms with Gasteiger partial charge in [0.2, 0.25) is 0 Å². The minimum absolute atomic E-state index is 0.268. The molecule has 1 aromatic heterocycles. The van der Waals surface area contributed by atoms with Gasteiger partial charge in [0.05, 0.1) is 22.4 Å². The lowest BCUT2D eigenvalue weighted by atomic mass is 10.2. The predicted octanol–water partition coefficient (Wildman–Crippen LogP) is 2.40. The molecule has 0 aliphatic rings. The number of aromatic amines is 1. The molecule has 1 heterocycles. The minimum Gasteiger partial charge on any atom is -0.397 e. The lowest BCUT2D eigenvalue weighted by molar-refractivity contribution is 0.101. The molecule has 4 N–H and O–H groups in total. The number of rotatable bonds is 2. The molecule has 0 unspecified atom stereocenters. The van der Waals surface area contributed by atoms with Crippen molar-refractivity contribution in [2.75, 3.05) is 11.1 Å². The summed E-state index contributed by atoms with van der Waals surface area (Å²) in [5.41, 5.74) is 8.46. The number of nitrogens with two attached hydrogens (primary N) is 1. The number of nitrogens with zero attached hydrogens (tertiary/aromatic N) is 1. The molecule has 0 bridgehead atoms. The first-order valence-electron chi connectivity index (χ1n) is 5.84. The Morgan fingerprint density at radius 1 is 1.11 bits per heavy atom. The van der Waals surface area contributed by atoms with Gasteiger partial charge < -0.3 is 16.0 Å². The van der Waals surface area contributed by atoms with Crippen LogP contribution in [0.4, 0.5) is 11.4 Å². The minimum atomic E-state index is -0.311. The molecule has 0 aliphatic carbocycles. The highest BCUT2D eigenvalue weighted by molar-refractivity contribution is 6.04. The molecule has 5 nitrogen and oxygen atoms in total. The third-order valence-electron chi connectivity index (χ3n) is 2.81. The molecule has 0 spiro atoms. The number of fused-ring (bicyclic) bond motifs is 1. The lowest BCUT2D eigenvalue weighted by Crippen LogP contribution is -2.14. The molecule has 1 amide bonds. The fraction of sp³-hybridized carbons (Fsp3) is 0. The number of imidazole rings is 1. The number of carbonyl (C=O) groups is 1. The number of para-hydroxylation sites is 4. The number of aromatic nitrogens is 2. The van der Waals surface area contributed by atoms with Gasteiger partial charge in [-0.3, -0.25) is 4.79 Å². The summed E-state index contributed by atoms with van der Waals surface area (Å²) in [4.78, 5) is 19.3. The second-order valence-electron chi connectivity index (χ2n) is 4.14. The SMILES string of the molecule is Nc1ccccc1NC(=O)c1nc2ccccc2[nH]1. The van der Waals surface area contributed by atoms with Gasteiger partial charge in [0.1, 0.15) is 0 Å². The third kappa shape index (κ3) is 2.13. The number of hydrogen-bond acceptors (Lipinski definition) is 3. The maximum atomic E-state index is 12.1. The summed E-state index contributed by atoms with van der Waals surface area (Å²) in [6, 6.07) is 14.6. The predicted molar refractivity (Wildman–Crippen MR) is 74.9 cm³/mol. The van der Waals surface area contributed by atoms with E-state index in [0.29, 0.717) is 11.4 Å². The molecule has 5 heteroatoms. The van der Waals surface area contributed by atoms with Crippen molar-refractivity contribution < 1.29 is 4.79 Å². The van der Waals surface area contributed by atoms with Gasteiger partial charge in [0.15, 0.2) is 5.82 Å². The molecule has 19 heavy (non-hydrogen) atoms. The van der Waals surface area contributed by atoms with Crippen LogP contribution in [0.3, 0.4) is 0 Å². The summed E-state index contributed by atoms with van der Waals surface area (Å²) in [5.74, 6) is -0.0430. The Labute approximate surface area is 109 Å². The highest BCUT2D eigenvalue weighted by Gasteiger charge is 2.12. The fourth-order valence-electron chi connectivity index (χ4n) is 1.85. The molecule has 0 fully saturated rings. The van der Waals surface area contributed by atoms with Crippen molar-refractivity contribution >= 4 is 28.3 Å². The standard InChI is InChI=1S/C14H12N4O/c15-9-5-1-2-6-10(9)18-14(19)13-16-11-7-3-4-8-12(11)17-13/h1-8H,15H2,(H,16,17)(H,18,19). The first-order valence-corrected chi connectivity index (χ1v) is 5.84. The molecule has 0 saturated heterocycles. The monoisotopic (exact) mass is 252 g/mol. The quantitative estimate of drug-likeness (QED) is 0.612. The number of anilines is 2. The van der Waals surface area contributed by atoms with Gasteiger partial charge in [-0.15, -0.1) is 0 Å².